The van der Waals surface area contributed by atoms with Crippen LogP contribution in [0, 0.1) is 0 Å². The fraction of sp³-hybridized carbons (Fsp3) is 0.438. The van der Waals surface area contributed by atoms with Crippen LogP contribution in [0.25, 0.3) is 15.5 Å². The van der Waals surface area contributed by atoms with E-state index in [-0.39, 0.29) is 5.92 Å². The van der Waals surface area contributed by atoms with E-state index < -0.39 is 10.0 Å². The van der Waals surface area contributed by atoms with Crippen molar-refractivity contribution in [1.82, 2.24) is 24.1 Å². The van der Waals surface area contributed by atoms with Crippen LogP contribution in [-0.2, 0) is 10.0 Å². The highest BCUT2D eigenvalue weighted by Gasteiger charge is 2.29. The number of rotatable bonds is 4. The minimum atomic E-state index is -3.13. The lowest BCUT2D eigenvalue weighted by atomic mass is 9.97. The Balaban J connectivity index is 1.61. The molecule has 2 aromatic heterocycles. The average molecular weight is 393 g/mol. The number of nitrogens with zero attached hydrogens (tertiary/aromatic N) is 5. The fourth-order valence-corrected chi connectivity index (χ4v) is 4.92. The zero-order valence-electron chi connectivity index (χ0n) is 14.5. The van der Waals surface area contributed by atoms with Crippen LogP contribution in [0.5, 0.6) is 5.75 Å². The molecular weight excluding hydrogens is 374 g/mol. The van der Waals surface area contributed by atoms with Gasteiger partial charge in [-0.25, -0.2) is 12.7 Å². The van der Waals surface area contributed by atoms with Crippen molar-refractivity contribution in [2.45, 2.75) is 18.8 Å². The van der Waals surface area contributed by atoms with Gasteiger partial charge in [0.25, 0.3) is 0 Å². The van der Waals surface area contributed by atoms with E-state index in [1.165, 1.54) is 21.9 Å². The van der Waals surface area contributed by atoms with Crippen molar-refractivity contribution in [1.29, 1.82) is 0 Å². The van der Waals surface area contributed by atoms with Crippen molar-refractivity contribution in [3.63, 3.8) is 0 Å². The van der Waals surface area contributed by atoms with Gasteiger partial charge in [-0.15, -0.1) is 10.2 Å². The standard InChI is InChI=1S/C16H19N5O3S2/c1-24-13-5-3-4-12(10-13)15-19-21-14(17-18-16(21)25-15)11-6-8-20(9-7-11)26(2,22)23/h3-5,10-11H,6-9H2,1-2H3. The first-order chi connectivity index (χ1) is 12.5. The van der Waals surface area contributed by atoms with Crippen molar-refractivity contribution in [2.75, 3.05) is 26.5 Å². The predicted molar refractivity (Wildman–Crippen MR) is 99.0 cm³/mol. The van der Waals surface area contributed by atoms with E-state index in [1.54, 1.807) is 11.6 Å². The third-order valence-electron chi connectivity index (χ3n) is 4.62. The molecular formula is C16H19N5O3S2. The average Bonchev–Trinajstić information content (AvgIpc) is 3.22. The van der Waals surface area contributed by atoms with Crippen LogP contribution < -0.4 is 4.74 Å². The molecule has 138 valence electrons. The molecule has 1 fully saturated rings. The maximum Gasteiger partial charge on any atom is 0.234 e. The van der Waals surface area contributed by atoms with Crippen LogP contribution in [0.1, 0.15) is 24.6 Å². The molecule has 3 heterocycles. The summed E-state index contributed by atoms with van der Waals surface area (Å²) in [6.45, 7) is 1.01. The summed E-state index contributed by atoms with van der Waals surface area (Å²) < 4.78 is 31.9. The van der Waals surface area contributed by atoms with E-state index in [9.17, 15) is 8.42 Å². The Morgan fingerprint density at radius 2 is 2.00 bits per heavy atom. The molecule has 0 saturated carbocycles. The van der Waals surface area contributed by atoms with Gasteiger partial charge in [-0.2, -0.15) is 9.61 Å². The summed E-state index contributed by atoms with van der Waals surface area (Å²) in [5.74, 6) is 1.74. The first-order valence-electron chi connectivity index (χ1n) is 8.27. The number of hydrogen-bond acceptors (Lipinski definition) is 7. The van der Waals surface area contributed by atoms with E-state index in [2.05, 4.69) is 15.3 Å². The quantitative estimate of drug-likeness (QED) is 0.673. The fourth-order valence-electron chi connectivity index (χ4n) is 3.21. The summed E-state index contributed by atoms with van der Waals surface area (Å²) in [4.78, 5) is 0.739. The van der Waals surface area contributed by atoms with Crippen molar-refractivity contribution in [3.8, 4) is 16.3 Å². The normalized spacial score (nSPS) is 17.0. The highest BCUT2D eigenvalue weighted by atomic mass is 32.2. The monoisotopic (exact) mass is 393 g/mol. The Labute approximate surface area is 155 Å². The number of ether oxygens (including phenoxy) is 1. The molecule has 1 saturated heterocycles. The number of piperidine rings is 1. The summed E-state index contributed by atoms with van der Waals surface area (Å²) in [5.41, 5.74) is 0.970. The zero-order chi connectivity index (χ0) is 18.3. The molecule has 0 N–H and O–H groups in total. The van der Waals surface area contributed by atoms with Gasteiger partial charge in [0.05, 0.1) is 13.4 Å². The third-order valence-corrected chi connectivity index (χ3v) is 6.87. The molecule has 3 aromatic rings. The second-order valence-corrected chi connectivity index (χ2v) is 9.27. The van der Waals surface area contributed by atoms with Crippen LogP contribution in [0.3, 0.4) is 0 Å². The molecule has 0 bridgehead atoms. The lowest BCUT2D eigenvalue weighted by molar-refractivity contribution is 0.313. The van der Waals surface area contributed by atoms with Crippen LogP contribution in [0.15, 0.2) is 24.3 Å². The number of hydrogen-bond donors (Lipinski definition) is 0. The zero-order valence-corrected chi connectivity index (χ0v) is 16.1. The predicted octanol–water partition coefficient (Wildman–Crippen LogP) is 2.00. The number of benzene rings is 1. The molecule has 1 aromatic carbocycles. The van der Waals surface area contributed by atoms with Crippen LogP contribution in [0.4, 0.5) is 0 Å². The minimum absolute atomic E-state index is 0.156. The van der Waals surface area contributed by atoms with Gasteiger partial charge in [0.15, 0.2) is 5.82 Å². The largest absolute Gasteiger partial charge is 0.497 e. The summed E-state index contributed by atoms with van der Waals surface area (Å²) in [5, 5.41) is 14.1. The Hall–Kier alpha value is -2.04. The molecule has 10 heteroatoms. The Kier molecular flexibility index (Phi) is 4.41. The highest BCUT2D eigenvalue weighted by Crippen LogP contribution is 2.32. The first-order valence-corrected chi connectivity index (χ1v) is 10.9. The van der Waals surface area contributed by atoms with Crippen molar-refractivity contribution in [2.24, 2.45) is 0 Å². The van der Waals surface area contributed by atoms with E-state index >= 15 is 0 Å². The maximum absolute atomic E-state index is 11.7. The van der Waals surface area contributed by atoms with Gasteiger partial charge in [-0.3, -0.25) is 0 Å². The van der Waals surface area contributed by atoms with Gasteiger partial charge < -0.3 is 4.74 Å². The van der Waals surface area contributed by atoms with Gasteiger partial charge in [0, 0.05) is 24.6 Å². The summed E-state index contributed by atoms with van der Waals surface area (Å²) >= 11 is 1.48. The number of aromatic nitrogens is 4. The molecule has 8 nitrogen and oxygen atoms in total. The van der Waals surface area contributed by atoms with E-state index in [0.717, 1.165) is 39.9 Å². The van der Waals surface area contributed by atoms with Gasteiger partial charge in [0.1, 0.15) is 10.8 Å². The number of fused-ring (bicyclic) bond motifs is 1. The first kappa shape index (κ1) is 17.4. The lowest BCUT2D eigenvalue weighted by Crippen LogP contribution is -2.37. The minimum Gasteiger partial charge on any atom is -0.497 e. The molecule has 1 aliphatic rings. The number of sulfonamides is 1. The molecule has 4 rings (SSSR count). The van der Waals surface area contributed by atoms with Crippen molar-refractivity contribution < 1.29 is 13.2 Å². The van der Waals surface area contributed by atoms with Crippen LogP contribution >= 0.6 is 11.3 Å². The second kappa shape index (κ2) is 6.60. The Bertz CT molecular complexity index is 1040. The van der Waals surface area contributed by atoms with E-state index in [0.29, 0.717) is 13.1 Å². The molecule has 0 aliphatic carbocycles. The summed E-state index contributed by atoms with van der Waals surface area (Å²) in [6, 6.07) is 7.75. The molecule has 26 heavy (non-hydrogen) atoms. The molecule has 1 aliphatic heterocycles. The van der Waals surface area contributed by atoms with Crippen molar-refractivity contribution >= 4 is 26.3 Å². The summed E-state index contributed by atoms with van der Waals surface area (Å²) in [6.07, 6.45) is 2.70. The maximum atomic E-state index is 11.7. The SMILES string of the molecule is COc1cccc(-c2nn3c(C4CCN(S(C)(=O)=O)CC4)nnc3s2)c1. The lowest BCUT2D eigenvalue weighted by Gasteiger charge is -2.28. The molecule has 0 atom stereocenters. The second-order valence-electron chi connectivity index (χ2n) is 6.33. The Morgan fingerprint density at radius 3 is 2.69 bits per heavy atom. The van der Waals surface area contributed by atoms with Crippen molar-refractivity contribution in [3.05, 3.63) is 30.1 Å². The smallest absolute Gasteiger partial charge is 0.234 e. The van der Waals surface area contributed by atoms with Crippen LogP contribution in [-0.4, -0.2) is 59.0 Å². The van der Waals surface area contributed by atoms with E-state index in [4.69, 9.17) is 4.74 Å². The third kappa shape index (κ3) is 3.19. The molecule has 0 spiro atoms. The van der Waals surface area contributed by atoms with Gasteiger partial charge in [-0.1, -0.05) is 23.5 Å². The van der Waals surface area contributed by atoms with E-state index in [1.807, 2.05) is 24.3 Å². The Morgan fingerprint density at radius 1 is 1.23 bits per heavy atom. The topological polar surface area (TPSA) is 89.7 Å². The summed E-state index contributed by atoms with van der Waals surface area (Å²) in [7, 11) is -1.50. The molecule has 0 amide bonds. The van der Waals surface area contributed by atoms with Gasteiger partial charge in [-0.05, 0) is 25.0 Å². The van der Waals surface area contributed by atoms with Gasteiger partial charge >= 0.3 is 0 Å². The van der Waals surface area contributed by atoms with Crippen LogP contribution in [0.2, 0.25) is 0 Å². The highest BCUT2D eigenvalue weighted by molar-refractivity contribution is 7.88. The number of methoxy groups -OCH3 is 1. The molecule has 0 radical (unpaired) electrons. The molecule has 0 unspecified atom stereocenters. The van der Waals surface area contributed by atoms with Gasteiger partial charge in [0.2, 0.25) is 15.0 Å².